The molecule has 41 heavy (non-hydrogen) atoms. The average molecular weight is 572 g/mol. The first-order valence-electron chi connectivity index (χ1n) is 14.5. The number of anilines is 1. The van der Waals surface area contributed by atoms with E-state index in [0.717, 1.165) is 55.1 Å². The van der Waals surface area contributed by atoms with Crippen LogP contribution in [0.3, 0.4) is 0 Å². The van der Waals surface area contributed by atoms with Crippen molar-refractivity contribution in [2.24, 2.45) is 0 Å². The van der Waals surface area contributed by atoms with E-state index in [4.69, 9.17) is 28.8 Å². The number of hydrogen-bond donors (Lipinski definition) is 3. The van der Waals surface area contributed by atoms with Gasteiger partial charge in [0.25, 0.3) is 0 Å². The van der Waals surface area contributed by atoms with Crippen LogP contribution in [0.1, 0.15) is 35.4 Å². The first kappa shape index (κ1) is 31.2. The topological polar surface area (TPSA) is 111 Å². The number of amides is 1. The van der Waals surface area contributed by atoms with Crippen molar-refractivity contribution in [3.8, 4) is 5.75 Å². The number of nitrogens with one attached hydrogen (secondary N) is 2. The second-order valence-electron chi connectivity index (χ2n) is 10.5. The summed E-state index contributed by atoms with van der Waals surface area (Å²) in [5.74, 6) is 0.683. The van der Waals surface area contributed by atoms with Crippen LogP contribution in [0.2, 0.25) is 0 Å². The highest BCUT2D eigenvalue weighted by molar-refractivity contribution is 5.76. The predicted molar refractivity (Wildman–Crippen MR) is 156 cm³/mol. The Morgan fingerprint density at radius 1 is 1.07 bits per heavy atom. The molecule has 0 saturated carbocycles. The lowest BCUT2D eigenvalue weighted by atomic mass is 9.83. The van der Waals surface area contributed by atoms with Crippen molar-refractivity contribution in [1.29, 1.82) is 0 Å². The number of methoxy groups -OCH3 is 2. The Morgan fingerprint density at radius 2 is 1.88 bits per heavy atom. The number of ether oxygens (including phenoxy) is 5. The molecule has 4 rings (SSSR count). The monoisotopic (exact) mass is 571 g/mol. The highest BCUT2D eigenvalue weighted by atomic mass is 16.5. The minimum Gasteiger partial charge on any atom is -0.490 e. The van der Waals surface area contributed by atoms with E-state index in [9.17, 15) is 4.79 Å². The summed E-state index contributed by atoms with van der Waals surface area (Å²) in [5.41, 5.74) is 4.51. The molecule has 3 N–H and O–H groups in total. The lowest BCUT2D eigenvalue weighted by Gasteiger charge is -2.37. The average Bonchev–Trinajstić information content (AvgIpc) is 3.01. The Balaban J connectivity index is 1.42. The quantitative estimate of drug-likeness (QED) is 0.261. The summed E-state index contributed by atoms with van der Waals surface area (Å²) < 4.78 is 28.4. The summed E-state index contributed by atoms with van der Waals surface area (Å²) >= 11 is 0. The molecule has 0 aromatic heterocycles. The van der Waals surface area contributed by atoms with Crippen LogP contribution in [0, 0.1) is 0 Å². The van der Waals surface area contributed by atoms with Crippen molar-refractivity contribution in [1.82, 2.24) is 10.6 Å². The van der Waals surface area contributed by atoms with E-state index in [2.05, 4.69) is 51.9 Å². The predicted octanol–water partition coefficient (Wildman–Crippen LogP) is 2.22. The molecular formula is C31H45N3O7. The van der Waals surface area contributed by atoms with Gasteiger partial charge < -0.3 is 44.3 Å². The van der Waals surface area contributed by atoms with Crippen molar-refractivity contribution in [2.45, 2.75) is 44.1 Å². The van der Waals surface area contributed by atoms with E-state index < -0.39 is 6.61 Å². The Kier molecular flexibility index (Phi) is 12.7. The number of carbonyl (C=O) groups excluding carboxylic acids is 1. The fraction of sp³-hybridized carbons (Fsp3) is 0.581. The molecule has 1 amide bonds. The molecule has 0 spiro atoms. The number of nitrogens with zero attached hydrogens (tertiary/aromatic N) is 1. The molecule has 2 aromatic rings. The third kappa shape index (κ3) is 9.39. The fourth-order valence-electron chi connectivity index (χ4n) is 5.38. The van der Waals surface area contributed by atoms with Gasteiger partial charge in [0.2, 0.25) is 5.91 Å². The van der Waals surface area contributed by atoms with E-state index >= 15 is 0 Å². The standard InChI is InChI=1S/C31H45N3O7/c1-37-12-3-10-34-11-13-40-29-9-6-24(16-28(29)34)22-41-30-19-32-26(18-33-31(36)20-35)17-27(30)25-7-4-23(5-8-25)21-39-15-14-38-2/h4-9,16,26-27,30,32,35H,3,10-15,17-22H2,1-2H3,(H,33,36)/t26-,27-,30+/m1/s1. The Bertz CT molecular complexity index is 1070. The van der Waals surface area contributed by atoms with Crippen molar-refractivity contribution in [3.63, 3.8) is 0 Å². The molecule has 0 aliphatic carbocycles. The summed E-state index contributed by atoms with van der Waals surface area (Å²) in [6, 6.07) is 14.9. The molecule has 226 valence electrons. The summed E-state index contributed by atoms with van der Waals surface area (Å²) in [6.07, 6.45) is 1.71. The van der Waals surface area contributed by atoms with Crippen LogP contribution in [-0.4, -0.2) is 96.6 Å². The highest BCUT2D eigenvalue weighted by Gasteiger charge is 2.32. The van der Waals surface area contributed by atoms with Gasteiger partial charge in [0, 0.05) is 52.4 Å². The summed E-state index contributed by atoms with van der Waals surface area (Å²) in [5, 5.41) is 15.4. The van der Waals surface area contributed by atoms with E-state index in [1.807, 2.05) is 6.07 Å². The maximum absolute atomic E-state index is 11.6. The maximum atomic E-state index is 11.6. The van der Waals surface area contributed by atoms with Crippen LogP contribution >= 0.6 is 0 Å². The summed E-state index contributed by atoms with van der Waals surface area (Å²) in [7, 11) is 3.40. The van der Waals surface area contributed by atoms with Gasteiger partial charge in [0.05, 0.1) is 44.8 Å². The Hall–Kier alpha value is -2.73. The second kappa shape index (κ2) is 16.6. The maximum Gasteiger partial charge on any atom is 0.245 e. The zero-order chi connectivity index (χ0) is 28.9. The van der Waals surface area contributed by atoms with Crippen LogP contribution < -0.4 is 20.3 Å². The first-order valence-corrected chi connectivity index (χ1v) is 14.5. The number of carbonyl (C=O) groups is 1. The molecule has 10 heteroatoms. The highest BCUT2D eigenvalue weighted by Crippen LogP contribution is 2.34. The van der Waals surface area contributed by atoms with Gasteiger partial charge in [-0.25, -0.2) is 0 Å². The molecule has 0 bridgehead atoms. The number of hydrogen-bond acceptors (Lipinski definition) is 9. The lowest BCUT2D eigenvalue weighted by Crippen LogP contribution is -2.51. The number of aliphatic hydroxyl groups is 1. The van der Waals surface area contributed by atoms with Gasteiger partial charge in [0.15, 0.2) is 0 Å². The van der Waals surface area contributed by atoms with E-state index in [1.165, 1.54) is 5.56 Å². The van der Waals surface area contributed by atoms with Crippen molar-refractivity contribution < 1.29 is 33.6 Å². The van der Waals surface area contributed by atoms with Crippen LogP contribution in [0.15, 0.2) is 42.5 Å². The van der Waals surface area contributed by atoms with E-state index in [1.54, 1.807) is 14.2 Å². The molecule has 1 fully saturated rings. The van der Waals surface area contributed by atoms with Crippen molar-refractivity contribution in [2.75, 3.05) is 78.3 Å². The number of fused-ring (bicyclic) bond motifs is 1. The van der Waals surface area contributed by atoms with Crippen LogP contribution in [-0.2, 0) is 37.0 Å². The van der Waals surface area contributed by atoms with Crippen LogP contribution in [0.25, 0.3) is 0 Å². The molecular weight excluding hydrogens is 526 g/mol. The summed E-state index contributed by atoms with van der Waals surface area (Å²) in [4.78, 5) is 14.0. The third-order valence-electron chi connectivity index (χ3n) is 7.62. The number of piperidine rings is 1. The van der Waals surface area contributed by atoms with Gasteiger partial charge in [-0.2, -0.15) is 0 Å². The molecule has 10 nitrogen and oxygen atoms in total. The molecule has 0 unspecified atom stereocenters. The molecule has 3 atom stereocenters. The van der Waals surface area contributed by atoms with Gasteiger partial charge in [-0.05, 0) is 41.7 Å². The SMILES string of the molecule is COCCCN1CCOc2ccc(CO[C@H]3CN[C@@H](CNC(=O)CO)C[C@@H]3c3ccc(COCCOC)cc3)cc21. The van der Waals surface area contributed by atoms with Crippen molar-refractivity contribution >= 4 is 11.6 Å². The summed E-state index contributed by atoms with van der Waals surface area (Å²) in [6.45, 7) is 5.96. The van der Waals surface area contributed by atoms with Gasteiger partial charge in [-0.15, -0.1) is 0 Å². The minimum absolute atomic E-state index is 0.0475. The molecule has 1 saturated heterocycles. The number of rotatable bonds is 16. The third-order valence-corrected chi connectivity index (χ3v) is 7.62. The van der Waals surface area contributed by atoms with Gasteiger partial charge in [-0.1, -0.05) is 30.3 Å². The second-order valence-corrected chi connectivity index (χ2v) is 10.5. The van der Waals surface area contributed by atoms with Gasteiger partial charge in [0.1, 0.15) is 19.0 Å². The van der Waals surface area contributed by atoms with E-state index in [0.29, 0.717) is 46.1 Å². The van der Waals surface area contributed by atoms with Crippen LogP contribution in [0.4, 0.5) is 5.69 Å². The molecule has 2 aliphatic rings. The van der Waals surface area contributed by atoms with Crippen LogP contribution in [0.5, 0.6) is 5.75 Å². The Morgan fingerprint density at radius 3 is 2.66 bits per heavy atom. The smallest absolute Gasteiger partial charge is 0.245 e. The van der Waals surface area contributed by atoms with Gasteiger partial charge >= 0.3 is 0 Å². The first-order chi connectivity index (χ1) is 20.1. The normalized spacial score (nSPS) is 20.4. The largest absolute Gasteiger partial charge is 0.490 e. The Labute approximate surface area is 243 Å². The molecule has 2 aliphatic heterocycles. The lowest BCUT2D eigenvalue weighted by molar-refractivity contribution is -0.124. The van der Waals surface area contributed by atoms with Gasteiger partial charge in [-0.3, -0.25) is 4.79 Å². The molecule has 0 radical (unpaired) electrons. The zero-order valence-electron chi connectivity index (χ0n) is 24.3. The molecule has 2 aromatic carbocycles. The molecule has 2 heterocycles. The zero-order valence-corrected chi connectivity index (χ0v) is 24.3. The number of benzene rings is 2. The number of aliphatic hydroxyl groups excluding tert-OH is 1. The fourth-order valence-corrected chi connectivity index (χ4v) is 5.38. The van der Waals surface area contributed by atoms with E-state index in [-0.39, 0.29) is 24.0 Å². The minimum atomic E-state index is -0.509. The van der Waals surface area contributed by atoms with Crippen molar-refractivity contribution in [3.05, 3.63) is 59.2 Å².